The van der Waals surface area contributed by atoms with Gasteiger partial charge < -0.3 is 5.73 Å². The molecule has 3 nitrogen and oxygen atoms in total. The van der Waals surface area contributed by atoms with E-state index < -0.39 is 5.91 Å². The predicted molar refractivity (Wildman–Crippen MR) is 45.1 cm³/mol. The van der Waals surface area contributed by atoms with E-state index in [4.69, 9.17) is 5.73 Å². The maximum atomic E-state index is 10.3. The number of primary amides is 1. The van der Waals surface area contributed by atoms with Crippen molar-refractivity contribution in [2.75, 3.05) is 0 Å². The third kappa shape index (κ3) is 2.51. The van der Waals surface area contributed by atoms with Gasteiger partial charge in [0.25, 0.3) is 0 Å². The molecule has 1 amide bonds. The van der Waals surface area contributed by atoms with Gasteiger partial charge in [0.15, 0.2) is 0 Å². The number of carbonyl (C=O) groups excluding carboxylic acids is 1. The first-order chi connectivity index (χ1) is 5.18. The largest absolute Gasteiger partial charge is 0.366 e. The van der Waals surface area contributed by atoms with Crippen molar-refractivity contribution in [3.63, 3.8) is 0 Å². The van der Waals surface area contributed by atoms with Crippen molar-refractivity contribution in [1.82, 2.24) is 4.98 Å². The van der Waals surface area contributed by atoms with Gasteiger partial charge in [0.2, 0.25) is 5.91 Å². The number of aromatic nitrogens is 1. The van der Waals surface area contributed by atoms with Crippen LogP contribution in [0.15, 0.2) is 11.5 Å². The molecule has 0 spiro atoms. The zero-order chi connectivity index (χ0) is 8.27. The number of nitrogens with zero attached hydrogens (tertiary/aromatic N) is 1. The third-order valence-corrected chi connectivity index (χ3v) is 1.85. The van der Waals surface area contributed by atoms with Gasteiger partial charge in [0, 0.05) is 11.5 Å². The zero-order valence-electron chi connectivity index (χ0n) is 6.07. The number of rotatable bonds is 2. The highest BCUT2D eigenvalue weighted by atomic mass is 32.1. The van der Waals surface area contributed by atoms with Gasteiger partial charge in [0.05, 0.1) is 10.7 Å². The molecule has 1 rings (SSSR count). The van der Waals surface area contributed by atoms with Gasteiger partial charge in [-0.1, -0.05) is 0 Å². The van der Waals surface area contributed by atoms with Gasteiger partial charge in [-0.2, -0.15) is 0 Å². The van der Waals surface area contributed by atoms with Crippen molar-refractivity contribution >= 4 is 23.3 Å². The molecule has 0 saturated heterocycles. The van der Waals surface area contributed by atoms with Crippen LogP contribution >= 0.6 is 11.3 Å². The lowest BCUT2D eigenvalue weighted by atomic mass is 10.4. The second-order valence-corrected chi connectivity index (χ2v) is 3.09. The molecule has 58 valence electrons. The highest BCUT2D eigenvalue weighted by Crippen LogP contribution is 2.08. The summed E-state index contributed by atoms with van der Waals surface area (Å²) in [5.74, 6) is -0.448. The minimum absolute atomic E-state index is 0.448. The normalized spacial score (nSPS) is 10.6. The standard InChI is InChI=1S/C7H8N2OS/c1-5-9-6(4-11-5)2-3-7(8)10/h2-4H,1H3,(H2,8,10)/b3-2-. The Morgan fingerprint density at radius 3 is 3.00 bits per heavy atom. The van der Waals surface area contributed by atoms with Gasteiger partial charge >= 0.3 is 0 Å². The minimum atomic E-state index is -0.448. The Kier molecular flexibility index (Phi) is 2.38. The SMILES string of the molecule is Cc1nc(/C=C\C(N)=O)cs1. The van der Waals surface area contributed by atoms with E-state index in [0.29, 0.717) is 0 Å². The lowest BCUT2D eigenvalue weighted by molar-refractivity contribution is -0.113. The molecule has 0 aliphatic rings. The first-order valence-electron chi connectivity index (χ1n) is 3.08. The van der Waals surface area contributed by atoms with Gasteiger partial charge in [-0.25, -0.2) is 4.98 Å². The summed E-state index contributed by atoms with van der Waals surface area (Å²) >= 11 is 1.54. The topological polar surface area (TPSA) is 56.0 Å². The summed E-state index contributed by atoms with van der Waals surface area (Å²) in [5.41, 5.74) is 5.68. The fraction of sp³-hybridized carbons (Fsp3) is 0.143. The van der Waals surface area contributed by atoms with Crippen LogP contribution in [0, 0.1) is 6.92 Å². The van der Waals surface area contributed by atoms with E-state index in [2.05, 4.69) is 4.98 Å². The van der Waals surface area contributed by atoms with Gasteiger partial charge in [-0.05, 0) is 13.0 Å². The smallest absolute Gasteiger partial charge is 0.241 e. The van der Waals surface area contributed by atoms with Crippen LogP contribution in [0.3, 0.4) is 0 Å². The molecule has 2 N–H and O–H groups in total. The number of nitrogens with two attached hydrogens (primary N) is 1. The van der Waals surface area contributed by atoms with E-state index in [-0.39, 0.29) is 0 Å². The molecule has 1 aromatic rings. The van der Waals surface area contributed by atoms with E-state index >= 15 is 0 Å². The summed E-state index contributed by atoms with van der Waals surface area (Å²) in [7, 11) is 0. The van der Waals surface area contributed by atoms with Gasteiger partial charge in [-0.15, -0.1) is 11.3 Å². The molecule has 1 heterocycles. The average molecular weight is 168 g/mol. The monoisotopic (exact) mass is 168 g/mol. The van der Waals surface area contributed by atoms with Crippen LogP contribution in [-0.2, 0) is 4.79 Å². The molecular weight excluding hydrogens is 160 g/mol. The molecule has 0 bridgehead atoms. The van der Waals surface area contributed by atoms with Crippen LogP contribution in [-0.4, -0.2) is 10.9 Å². The maximum absolute atomic E-state index is 10.3. The minimum Gasteiger partial charge on any atom is -0.366 e. The van der Waals surface area contributed by atoms with E-state index in [0.717, 1.165) is 10.7 Å². The van der Waals surface area contributed by atoms with Crippen LogP contribution < -0.4 is 5.73 Å². The summed E-state index contributed by atoms with van der Waals surface area (Å²) < 4.78 is 0. The fourth-order valence-corrected chi connectivity index (χ4v) is 1.20. The lowest BCUT2D eigenvalue weighted by Crippen LogP contribution is -2.05. The molecule has 0 unspecified atom stereocenters. The van der Waals surface area contributed by atoms with E-state index in [1.165, 1.54) is 6.08 Å². The highest BCUT2D eigenvalue weighted by Gasteiger charge is 1.92. The Balaban J connectivity index is 2.71. The number of carbonyl (C=O) groups is 1. The van der Waals surface area contributed by atoms with Crippen molar-refractivity contribution in [3.05, 3.63) is 22.2 Å². The second-order valence-electron chi connectivity index (χ2n) is 2.03. The van der Waals surface area contributed by atoms with Crippen molar-refractivity contribution in [2.45, 2.75) is 6.92 Å². The Labute approximate surface area is 68.6 Å². The summed E-state index contributed by atoms with van der Waals surface area (Å²) in [6.07, 6.45) is 2.90. The molecule has 11 heavy (non-hydrogen) atoms. The van der Waals surface area contributed by atoms with E-state index in [9.17, 15) is 4.79 Å². The molecule has 0 aliphatic carbocycles. The van der Waals surface area contributed by atoms with Crippen LogP contribution in [0.4, 0.5) is 0 Å². The van der Waals surface area contributed by atoms with E-state index in [1.807, 2.05) is 12.3 Å². The Hall–Kier alpha value is -1.16. The van der Waals surface area contributed by atoms with Crippen LogP contribution in [0.5, 0.6) is 0 Å². The van der Waals surface area contributed by atoms with Crippen LogP contribution in [0.2, 0.25) is 0 Å². The number of aryl methyl sites for hydroxylation is 1. The quantitative estimate of drug-likeness (QED) is 0.668. The number of thiazole rings is 1. The Morgan fingerprint density at radius 1 is 1.82 bits per heavy atom. The molecule has 0 atom stereocenters. The molecule has 0 aromatic carbocycles. The van der Waals surface area contributed by atoms with Crippen molar-refractivity contribution in [2.24, 2.45) is 5.73 Å². The first-order valence-corrected chi connectivity index (χ1v) is 3.96. The first kappa shape index (κ1) is 7.94. The highest BCUT2D eigenvalue weighted by molar-refractivity contribution is 7.09. The maximum Gasteiger partial charge on any atom is 0.241 e. The Bertz CT molecular complexity index is 290. The van der Waals surface area contributed by atoms with Crippen LogP contribution in [0.25, 0.3) is 6.08 Å². The zero-order valence-corrected chi connectivity index (χ0v) is 6.89. The fourth-order valence-electron chi connectivity index (χ4n) is 0.624. The van der Waals surface area contributed by atoms with Crippen LogP contribution in [0.1, 0.15) is 10.7 Å². The van der Waals surface area contributed by atoms with Gasteiger partial charge in [-0.3, -0.25) is 4.79 Å². The molecule has 0 saturated carbocycles. The van der Waals surface area contributed by atoms with Crippen molar-refractivity contribution in [3.8, 4) is 0 Å². The average Bonchev–Trinajstić information content (AvgIpc) is 2.31. The van der Waals surface area contributed by atoms with E-state index in [1.54, 1.807) is 17.4 Å². The molecule has 4 heteroatoms. The Morgan fingerprint density at radius 2 is 2.55 bits per heavy atom. The predicted octanol–water partition coefficient (Wildman–Crippen LogP) is 0.950. The summed E-state index contributed by atoms with van der Waals surface area (Å²) in [4.78, 5) is 14.4. The number of amides is 1. The molecule has 0 aliphatic heterocycles. The van der Waals surface area contributed by atoms with Crippen molar-refractivity contribution in [1.29, 1.82) is 0 Å². The molecule has 0 fully saturated rings. The summed E-state index contributed by atoms with van der Waals surface area (Å²) in [5, 5.41) is 2.85. The third-order valence-electron chi connectivity index (χ3n) is 1.06. The van der Waals surface area contributed by atoms with Gasteiger partial charge in [0.1, 0.15) is 0 Å². The molecule has 0 radical (unpaired) electrons. The lowest BCUT2D eigenvalue weighted by Gasteiger charge is -1.80. The summed E-state index contributed by atoms with van der Waals surface area (Å²) in [6, 6.07) is 0. The summed E-state index contributed by atoms with van der Waals surface area (Å²) in [6.45, 7) is 1.91. The second kappa shape index (κ2) is 3.30. The number of hydrogen-bond acceptors (Lipinski definition) is 3. The van der Waals surface area contributed by atoms with Crippen molar-refractivity contribution < 1.29 is 4.79 Å². The molecular formula is C7H8N2OS. The number of hydrogen-bond donors (Lipinski definition) is 1. The molecule has 1 aromatic heterocycles.